The molecule has 0 atom stereocenters. The van der Waals surface area contributed by atoms with Crippen LogP contribution in [0.15, 0.2) is 23.3 Å². The molecule has 0 aliphatic heterocycles. The van der Waals surface area contributed by atoms with Crippen molar-refractivity contribution < 1.29 is 5.11 Å². The van der Waals surface area contributed by atoms with Gasteiger partial charge >= 0.3 is 0 Å². The highest BCUT2D eigenvalue weighted by Gasteiger charge is 1.99. The molecule has 1 aliphatic carbocycles. The summed E-state index contributed by atoms with van der Waals surface area (Å²) < 4.78 is 0. The number of rotatable bonds is 1. The highest BCUT2D eigenvalue weighted by atomic mass is 16.3. The molecule has 0 unspecified atom stereocenters. The molecule has 0 aromatic carbocycles. The summed E-state index contributed by atoms with van der Waals surface area (Å²) >= 11 is 0. The molecule has 1 nitrogen and oxygen atoms in total. The van der Waals surface area contributed by atoms with Crippen LogP contribution in [0.5, 0.6) is 0 Å². The van der Waals surface area contributed by atoms with Crippen LogP contribution in [0.3, 0.4) is 0 Å². The first kappa shape index (κ1) is 7.55. The van der Waals surface area contributed by atoms with Crippen molar-refractivity contribution in [2.75, 3.05) is 6.61 Å². The summed E-state index contributed by atoms with van der Waals surface area (Å²) in [6.07, 6.45) is 7.51. The second kappa shape index (κ2) is 3.57. The first-order valence-electron chi connectivity index (χ1n) is 3.77. The Kier molecular flexibility index (Phi) is 2.69. The molecule has 0 bridgehead atoms. The van der Waals surface area contributed by atoms with E-state index >= 15 is 0 Å². The SMILES string of the molecule is CC1=CCC=C(CO)CC1. The van der Waals surface area contributed by atoms with E-state index in [4.69, 9.17) is 5.11 Å². The lowest BCUT2D eigenvalue weighted by Crippen LogP contribution is -1.88. The van der Waals surface area contributed by atoms with Crippen LogP contribution < -0.4 is 0 Å². The number of aliphatic hydroxyl groups is 1. The Labute approximate surface area is 62.1 Å². The normalized spacial score (nSPS) is 19.4. The number of hydrogen-bond donors (Lipinski definition) is 1. The summed E-state index contributed by atoms with van der Waals surface area (Å²) in [4.78, 5) is 0. The van der Waals surface area contributed by atoms with Crippen LogP contribution in [0.1, 0.15) is 26.2 Å². The van der Waals surface area contributed by atoms with Gasteiger partial charge in [0.2, 0.25) is 0 Å². The molecule has 0 saturated carbocycles. The minimum absolute atomic E-state index is 0.237. The van der Waals surface area contributed by atoms with E-state index in [1.54, 1.807) is 0 Å². The maximum atomic E-state index is 8.81. The lowest BCUT2D eigenvalue weighted by molar-refractivity contribution is 0.326. The Hall–Kier alpha value is -0.560. The highest BCUT2D eigenvalue weighted by molar-refractivity contribution is 5.14. The Balaban J connectivity index is 2.51. The zero-order valence-electron chi connectivity index (χ0n) is 6.43. The Morgan fingerprint density at radius 1 is 1.40 bits per heavy atom. The smallest absolute Gasteiger partial charge is 0.0641 e. The lowest BCUT2D eigenvalue weighted by Gasteiger charge is -1.99. The van der Waals surface area contributed by atoms with Gasteiger partial charge in [0.1, 0.15) is 0 Å². The second-order valence-electron chi connectivity index (χ2n) is 2.81. The van der Waals surface area contributed by atoms with Gasteiger partial charge in [0, 0.05) is 0 Å². The molecular formula is C9H14O. The van der Waals surface area contributed by atoms with Gasteiger partial charge in [0.25, 0.3) is 0 Å². The van der Waals surface area contributed by atoms with Crippen LogP contribution in [0.2, 0.25) is 0 Å². The van der Waals surface area contributed by atoms with Crippen molar-refractivity contribution in [1.82, 2.24) is 0 Å². The van der Waals surface area contributed by atoms with Crippen molar-refractivity contribution in [2.24, 2.45) is 0 Å². The molecule has 0 radical (unpaired) electrons. The molecule has 0 fully saturated rings. The third-order valence-electron chi connectivity index (χ3n) is 1.92. The van der Waals surface area contributed by atoms with Crippen molar-refractivity contribution in [2.45, 2.75) is 26.2 Å². The number of allylic oxidation sites excluding steroid dienone is 3. The number of hydrogen-bond acceptors (Lipinski definition) is 1. The van der Waals surface area contributed by atoms with Crippen molar-refractivity contribution in [3.8, 4) is 0 Å². The van der Waals surface area contributed by atoms with Gasteiger partial charge in [-0.3, -0.25) is 0 Å². The predicted molar refractivity (Wildman–Crippen MR) is 42.8 cm³/mol. The summed E-state index contributed by atoms with van der Waals surface area (Å²) in [6, 6.07) is 0. The topological polar surface area (TPSA) is 20.2 Å². The average molecular weight is 138 g/mol. The zero-order chi connectivity index (χ0) is 7.40. The monoisotopic (exact) mass is 138 g/mol. The molecular weight excluding hydrogens is 124 g/mol. The molecule has 0 aromatic heterocycles. The molecule has 1 aliphatic rings. The van der Waals surface area contributed by atoms with E-state index in [0.717, 1.165) is 19.3 Å². The third kappa shape index (κ3) is 1.99. The molecule has 10 heavy (non-hydrogen) atoms. The standard InChI is InChI=1S/C9H14O/c1-8-3-2-4-9(7-10)6-5-8/h3-4,10H,2,5-7H2,1H3. The van der Waals surface area contributed by atoms with E-state index in [9.17, 15) is 0 Å². The maximum Gasteiger partial charge on any atom is 0.0641 e. The van der Waals surface area contributed by atoms with Crippen molar-refractivity contribution in [3.63, 3.8) is 0 Å². The van der Waals surface area contributed by atoms with E-state index < -0.39 is 0 Å². The fourth-order valence-electron chi connectivity index (χ4n) is 1.13. The molecule has 0 aromatic rings. The highest BCUT2D eigenvalue weighted by Crippen LogP contribution is 2.16. The van der Waals surface area contributed by atoms with Crippen LogP contribution in [0, 0.1) is 0 Å². The summed E-state index contributed by atoms with van der Waals surface area (Å²) in [5.74, 6) is 0. The summed E-state index contributed by atoms with van der Waals surface area (Å²) in [5, 5.41) is 8.81. The van der Waals surface area contributed by atoms with Crippen LogP contribution in [0.4, 0.5) is 0 Å². The molecule has 1 heteroatoms. The fourth-order valence-corrected chi connectivity index (χ4v) is 1.13. The van der Waals surface area contributed by atoms with Crippen LogP contribution in [0.25, 0.3) is 0 Å². The Bertz CT molecular complexity index is 166. The minimum atomic E-state index is 0.237. The van der Waals surface area contributed by atoms with Gasteiger partial charge in [0.15, 0.2) is 0 Å². The summed E-state index contributed by atoms with van der Waals surface area (Å²) in [7, 11) is 0. The van der Waals surface area contributed by atoms with Crippen molar-refractivity contribution in [1.29, 1.82) is 0 Å². The molecule has 1 rings (SSSR count). The molecule has 0 spiro atoms. The molecule has 0 heterocycles. The van der Waals surface area contributed by atoms with Gasteiger partial charge < -0.3 is 5.11 Å². The Morgan fingerprint density at radius 2 is 2.20 bits per heavy atom. The molecule has 0 saturated heterocycles. The van der Waals surface area contributed by atoms with Gasteiger partial charge in [-0.05, 0) is 31.8 Å². The van der Waals surface area contributed by atoms with Gasteiger partial charge in [-0.1, -0.05) is 17.7 Å². The van der Waals surface area contributed by atoms with Crippen LogP contribution >= 0.6 is 0 Å². The van der Waals surface area contributed by atoms with Crippen molar-refractivity contribution >= 4 is 0 Å². The van der Waals surface area contributed by atoms with Gasteiger partial charge in [0.05, 0.1) is 6.61 Å². The van der Waals surface area contributed by atoms with E-state index in [2.05, 4.69) is 19.1 Å². The van der Waals surface area contributed by atoms with Gasteiger partial charge in [-0.15, -0.1) is 0 Å². The van der Waals surface area contributed by atoms with E-state index in [0.29, 0.717) is 0 Å². The largest absolute Gasteiger partial charge is 0.392 e. The fraction of sp³-hybridized carbons (Fsp3) is 0.556. The van der Waals surface area contributed by atoms with Crippen LogP contribution in [-0.2, 0) is 0 Å². The predicted octanol–water partition coefficient (Wildman–Crippen LogP) is 2.04. The lowest BCUT2D eigenvalue weighted by atomic mass is 10.1. The maximum absolute atomic E-state index is 8.81. The average Bonchev–Trinajstić information content (AvgIpc) is 2.14. The zero-order valence-corrected chi connectivity index (χ0v) is 6.43. The number of aliphatic hydroxyl groups excluding tert-OH is 1. The second-order valence-corrected chi connectivity index (χ2v) is 2.81. The van der Waals surface area contributed by atoms with E-state index in [-0.39, 0.29) is 6.61 Å². The van der Waals surface area contributed by atoms with Gasteiger partial charge in [-0.25, -0.2) is 0 Å². The minimum Gasteiger partial charge on any atom is -0.392 e. The molecule has 56 valence electrons. The molecule has 1 N–H and O–H groups in total. The first-order valence-corrected chi connectivity index (χ1v) is 3.77. The summed E-state index contributed by atoms with van der Waals surface area (Å²) in [6.45, 7) is 2.38. The third-order valence-corrected chi connectivity index (χ3v) is 1.92. The first-order chi connectivity index (χ1) is 4.83. The molecule has 0 amide bonds. The van der Waals surface area contributed by atoms with E-state index in [1.165, 1.54) is 11.1 Å². The van der Waals surface area contributed by atoms with E-state index in [1.807, 2.05) is 0 Å². The van der Waals surface area contributed by atoms with Crippen molar-refractivity contribution in [3.05, 3.63) is 23.3 Å². The van der Waals surface area contributed by atoms with Crippen LogP contribution in [-0.4, -0.2) is 11.7 Å². The Morgan fingerprint density at radius 3 is 2.90 bits per heavy atom. The summed E-state index contributed by atoms with van der Waals surface area (Å²) in [5.41, 5.74) is 2.63. The van der Waals surface area contributed by atoms with Gasteiger partial charge in [-0.2, -0.15) is 0 Å². The quantitative estimate of drug-likeness (QED) is 0.550.